The molecule has 134 valence electrons. The van der Waals surface area contributed by atoms with Crippen LogP contribution in [0.2, 0.25) is 0 Å². The minimum Gasteiger partial charge on any atom is -0.321 e. The molecule has 2 aromatic rings. The molecule has 0 heterocycles. The minimum atomic E-state index is -3.61. The standard InChI is InChI=1S/C17H18F2N2O3S/c1-12-5-3-6-13(11-12)21(25(2,23)24)10-9-16(22)20-17-14(18)7-4-8-15(17)19/h3-8,11H,9-10H2,1-2H3,(H,20,22). The number of halogens is 2. The van der Waals surface area contributed by atoms with Crippen LogP contribution in [0.5, 0.6) is 0 Å². The Kier molecular flexibility index (Phi) is 5.73. The van der Waals surface area contributed by atoms with Gasteiger partial charge in [-0.15, -0.1) is 0 Å². The Morgan fingerprint density at radius 3 is 2.28 bits per heavy atom. The number of amides is 1. The number of hydrogen-bond donors (Lipinski definition) is 1. The van der Waals surface area contributed by atoms with E-state index in [0.717, 1.165) is 28.3 Å². The third kappa shape index (κ3) is 4.99. The van der Waals surface area contributed by atoms with Crippen molar-refractivity contribution in [2.45, 2.75) is 13.3 Å². The number of sulfonamides is 1. The SMILES string of the molecule is Cc1cccc(N(CCC(=O)Nc2c(F)cccc2F)S(C)(=O)=O)c1. The molecule has 0 aliphatic heterocycles. The van der Waals surface area contributed by atoms with Gasteiger partial charge in [0.05, 0.1) is 11.9 Å². The molecule has 0 saturated heterocycles. The maximum Gasteiger partial charge on any atom is 0.232 e. The average Bonchev–Trinajstić information content (AvgIpc) is 2.50. The molecule has 0 saturated carbocycles. The lowest BCUT2D eigenvalue weighted by atomic mass is 10.2. The van der Waals surface area contributed by atoms with Crippen LogP contribution in [0.3, 0.4) is 0 Å². The fraction of sp³-hybridized carbons (Fsp3) is 0.235. The van der Waals surface area contributed by atoms with Gasteiger partial charge in [0.1, 0.15) is 17.3 Å². The largest absolute Gasteiger partial charge is 0.321 e. The van der Waals surface area contributed by atoms with Gasteiger partial charge in [0.15, 0.2) is 0 Å². The van der Waals surface area contributed by atoms with Crippen molar-refractivity contribution in [3.8, 4) is 0 Å². The van der Waals surface area contributed by atoms with Crippen molar-refractivity contribution in [2.75, 3.05) is 22.4 Å². The van der Waals surface area contributed by atoms with Gasteiger partial charge in [-0.3, -0.25) is 9.10 Å². The Bertz CT molecular complexity index is 865. The van der Waals surface area contributed by atoms with Crippen molar-refractivity contribution < 1.29 is 22.0 Å². The maximum absolute atomic E-state index is 13.5. The van der Waals surface area contributed by atoms with Gasteiger partial charge in [0.25, 0.3) is 0 Å². The zero-order chi connectivity index (χ0) is 18.6. The Labute approximate surface area is 145 Å². The van der Waals surface area contributed by atoms with Crippen LogP contribution in [0.1, 0.15) is 12.0 Å². The lowest BCUT2D eigenvalue weighted by molar-refractivity contribution is -0.116. The summed E-state index contributed by atoms with van der Waals surface area (Å²) in [5.74, 6) is -2.48. The van der Waals surface area contributed by atoms with E-state index in [2.05, 4.69) is 5.32 Å². The highest BCUT2D eigenvalue weighted by Crippen LogP contribution is 2.21. The van der Waals surface area contributed by atoms with Crippen molar-refractivity contribution in [1.29, 1.82) is 0 Å². The van der Waals surface area contributed by atoms with E-state index in [9.17, 15) is 22.0 Å². The molecule has 1 amide bonds. The molecule has 0 radical (unpaired) electrons. The summed E-state index contributed by atoms with van der Waals surface area (Å²) in [5.41, 5.74) is 0.741. The first kappa shape index (κ1) is 18.9. The van der Waals surface area contributed by atoms with Crippen LogP contribution in [0.4, 0.5) is 20.2 Å². The van der Waals surface area contributed by atoms with Crippen LogP contribution >= 0.6 is 0 Å². The number of rotatable bonds is 6. The molecular formula is C17H18F2N2O3S. The van der Waals surface area contributed by atoms with E-state index in [-0.39, 0.29) is 13.0 Å². The monoisotopic (exact) mass is 368 g/mol. The molecule has 25 heavy (non-hydrogen) atoms. The second kappa shape index (κ2) is 7.60. The summed E-state index contributed by atoms with van der Waals surface area (Å²) in [5, 5.41) is 2.14. The van der Waals surface area contributed by atoms with E-state index in [1.54, 1.807) is 18.2 Å². The predicted molar refractivity (Wildman–Crippen MR) is 93.0 cm³/mol. The van der Waals surface area contributed by atoms with Crippen LogP contribution in [-0.4, -0.2) is 27.1 Å². The van der Waals surface area contributed by atoms with Gasteiger partial charge in [-0.05, 0) is 36.8 Å². The van der Waals surface area contributed by atoms with Crippen molar-refractivity contribution >= 4 is 27.3 Å². The number of aryl methyl sites for hydroxylation is 1. The molecule has 5 nitrogen and oxygen atoms in total. The van der Waals surface area contributed by atoms with E-state index in [1.807, 2.05) is 13.0 Å². The van der Waals surface area contributed by atoms with Gasteiger partial charge in [0.2, 0.25) is 15.9 Å². The first-order valence-electron chi connectivity index (χ1n) is 7.47. The number of carbonyl (C=O) groups is 1. The van der Waals surface area contributed by atoms with Crippen LogP contribution in [0.15, 0.2) is 42.5 Å². The van der Waals surface area contributed by atoms with Crippen LogP contribution in [0.25, 0.3) is 0 Å². The van der Waals surface area contributed by atoms with E-state index >= 15 is 0 Å². The maximum atomic E-state index is 13.5. The third-order valence-electron chi connectivity index (χ3n) is 3.46. The summed E-state index contributed by atoms with van der Waals surface area (Å²) < 4.78 is 52.2. The first-order chi connectivity index (χ1) is 11.7. The van der Waals surface area contributed by atoms with Crippen LogP contribution in [-0.2, 0) is 14.8 Å². The molecule has 8 heteroatoms. The highest BCUT2D eigenvalue weighted by Gasteiger charge is 2.19. The number of hydrogen-bond acceptors (Lipinski definition) is 3. The molecule has 0 unspecified atom stereocenters. The summed E-state index contributed by atoms with van der Waals surface area (Å²) in [7, 11) is -3.61. The van der Waals surface area contributed by atoms with E-state index in [4.69, 9.17) is 0 Å². The second-order valence-corrected chi connectivity index (χ2v) is 7.48. The Morgan fingerprint density at radius 1 is 1.12 bits per heavy atom. The van der Waals surface area contributed by atoms with Crippen molar-refractivity contribution in [2.24, 2.45) is 0 Å². The number of benzene rings is 2. The predicted octanol–water partition coefficient (Wildman–Crippen LogP) is 3.07. The second-order valence-electron chi connectivity index (χ2n) is 5.57. The third-order valence-corrected chi connectivity index (χ3v) is 4.65. The highest BCUT2D eigenvalue weighted by molar-refractivity contribution is 7.92. The molecule has 1 N–H and O–H groups in total. The van der Waals surface area contributed by atoms with Gasteiger partial charge in [-0.2, -0.15) is 0 Å². The minimum absolute atomic E-state index is 0.149. The molecule has 0 aliphatic carbocycles. The highest BCUT2D eigenvalue weighted by atomic mass is 32.2. The van der Waals surface area contributed by atoms with Crippen LogP contribution < -0.4 is 9.62 Å². The molecular weight excluding hydrogens is 350 g/mol. The molecule has 2 aromatic carbocycles. The summed E-state index contributed by atoms with van der Waals surface area (Å²) in [6, 6.07) is 10.0. The van der Waals surface area contributed by atoms with Crippen molar-refractivity contribution in [3.05, 3.63) is 59.7 Å². The van der Waals surface area contributed by atoms with Gasteiger partial charge >= 0.3 is 0 Å². The zero-order valence-corrected chi connectivity index (χ0v) is 14.6. The topological polar surface area (TPSA) is 66.5 Å². The molecule has 0 bridgehead atoms. The number of nitrogens with zero attached hydrogens (tertiary/aromatic N) is 1. The molecule has 0 spiro atoms. The van der Waals surface area contributed by atoms with E-state index in [1.165, 1.54) is 6.07 Å². The fourth-order valence-electron chi connectivity index (χ4n) is 2.29. The zero-order valence-electron chi connectivity index (χ0n) is 13.8. The van der Waals surface area contributed by atoms with E-state index < -0.39 is 33.3 Å². The fourth-order valence-corrected chi connectivity index (χ4v) is 3.21. The van der Waals surface area contributed by atoms with Gasteiger partial charge in [-0.25, -0.2) is 17.2 Å². The number of carbonyl (C=O) groups excluding carboxylic acids is 1. The first-order valence-corrected chi connectivity index (χ1v) is 9.31. The van der Waals surface area contributed by atoms with Crippen molar-refractivity contribution in [3.63, 3.8) is 0 Å². The lowest BCUT2D eigenvalue weighted by Gasteiger charge is -2.22. The van der Waals surface area contributed by atoms with Gasteiger partial charge in [-0.1, -0.05) is 18.2 Å². The lowest BCUT2D eigenvalue weighted by Crippen LogP contribution is -2.33. The number of para-hydroxylation sites is 1. The van der Waals surface area contributed by atoms with Crippen molar-refractivity contribution in [1.82, 2.24) is 0 Å². The Hall–Kier alpha value is -2.48. The average molecular weight is 368 g/mol. The van der Waals surface area contributed by atoms with Gasteiger partial charge < -0.3 is 5.32 Å². The molecule has 0 fully saturated rings. The van der Waals surface area contributed by atoms with Crippen LogP contribution in [0, 0.1) is 18.6 Å². The quantitative estimate of drug-likeness (QED) is 0.852. The Morgan fingerprint density at radius 2 is 1.72 bits per heavy atom. The molecule has 0 atom stereocenters. The number of nitrogens with one attached hydrogen (secondary N) is 1. The smallest absolute Gasteiger partial charge is 0.232 e. The Balaban J connectivity index is 2.12. The molecule has 0 aromatic heterocycles. The number of anilines is 2. The van der Waals surface area contributed by atoms with Gasteiger partial charge in [0, 0.05) is 13.0 Å². The normalized spacial score (nSPS) is 11.2. The summed E-state index contributed by atoms with van der Waals surface area (Å²) in [6.45, 7) is 1.67. The molecule has 2 rings (SSSR count). The molecule has 0 aliphatic rings. The summed E-state index contributed by atoms with van der Waals surface area (Å²) >= 11 is 0. The summed E-state index contributed by atoms with van der Waals surface area (Å²) in [6.07, 6.45) is 0.776. The van der Waals surface area contributed by atoms with E-state index in [0.29, 0.717) is 5.69 Å². The summed E-state index contributed by atoms with van der Waals surface area (Å²) in [4.78, 5) is 12.0.